The Bertz CT molecular complexity index is 931. The molecule has 0 aromatic heterocycles. The number of aryl methyl sites for hydroxylation is 1. The number of benzene rings is 2. The molecule has 3 aliphatic rings. The molecule has 2 heterocycles. The summed E-state index contributed by atoms with van der Waals surface area (Å²) in [5.74, 6) is 0. The van der Waals surface area contributed by atoms with Crippen LogP contribution in [0.15, 0.2) is 35.1 Å². The molecule has 0 saturated carbocycles. The third kappa shape index (κ3) is 3.60. The minimum Gasteiger partial charge on any atom is -0.378 e. The third-order valence-corrected chi connectivity index (χ3v) is 6.07. The molecule has 0 N–H and O–H groups in total. The Kier molecular flexibility index (Phi) is 5.18. The van der Waals surface area contributed by atoms with E-state index in [-0.39, 0.29) is 5.43 Å². The van der Waals surface area contributed by atoms with Crippen LogP contribution in [0.2, 0.25) is 0 Å². The van der Waals surface area contributed by atoms with Gasteiger partial charge in [-0.05, 0) is 37.1 Å². The van der Waals surface area contributed by atoms with Crippen LogP contribution in [0.3, 0.4) is 0 Å². The minimum atomic E-state index is 0.148. The Balaban J connectivity index is 1.70. The van der Waals surface area contributed by atoms with Gasteiger partial charge in [0, 0.05) is 30.4 Å². The smallest absolute Gasteiger partial charge is 0.183 e. The summed E-state index contributed by atoms with van der Waals surface area (Å²) in [6.07, 6.45) is 4.24. The van der Waals surface area contributed by atoms with E-state index in [1.54, 1.807) is 17.4 Å². The summed E-state index contributed by atoms with van der Waals surface area (Å²) in [6, 6.07) is 10.2. The van der Waals surface area contributed by atoms with Gasteiger partial charge in [0.05, 0.1) is 34.0 Å². The number of hydrogen-bond acceptors (Lipinski definition) is 5. The van der Waals surface area contributed by atoms with Crippen molar-refractivity contribution >= 4 is 27.2 Å². The van der Waals surface area contributed by atoms with Crippen LogP contribution in [0, 0.1) is 0 Å². The Morgan fingerprint density at radius 1 is 1.15 bits per heavy atom. The van der Waals surface area contributed by atoms with Gasteiger partial charge in [-0.2, -0.15) is 0 Å². The first-order valence-corrected chi connectivity index (χ1v) is 10.3. The monoisotopic (exact) mass is 368 g/mol. The maximum Gasteiger partial charge on any atom is 0.183 e. The molecule has 1 aromatic rings. The molecule has 1 aliphatic carbocycles. The van der Waals surface area contributed by atoms with Crippen LogP contribution < -0.4 is 10.3 Å². The predicted octanol–water partition coefficient (Wildman–Crippen LogP) is 4.33. The van der Waals surface area contributed by atoms with Gasteiger partial charge in [-0.1, -0.05) is 19.8 Å². The molecule has 26 heavy (non-hydrogen) atoms. The molecule has 4 rings (SSSR count). The Morgan fingerprint density at radius 3 is 2.81 bits per heavy atom. The maximum absolute atomic E-state index is 12.4. The minimum absolute atomic E-state index is 0.148. The molecule has 0 unspecified atom stereocenters. The SMILES string of the molecule is CCCCCc1cc2nc3ccc(N4CCOCC4)cc3sc-2cc1=O. The zero-order valence-electron chi connectivity index (χ0n) is 15.2. The van der Waals surface area contributed by atoms with Crippen LogP contribution in [0.1, 0.15) is 31.7 Å². The molecule has 0 amide bonds. The fourth-order valence-electron chi connectivity index (χ4n) is 3.47. The van der Waals surface area contributed by atoms with Gasteiger partial charge in [-0.25, -0.2) is 4.98 Å². The van der Waals surface area contributed by atoms with Crippen LogP contribution in [-0.2, 0) is 11.2 Å². The highest BCUT2D eigenvalue weighted by Crippen LogP contribution is 2.32. The summed E-state index contributed by atoms with van der Waals surface area (Å²) in [7, 11) is 0. The summed E-state index contributed by atoms with van der Waals surface area (Å²) in [5, 5.41) is 0. The number of nitrogens with zero attached hydrogens (tertiary/aromatic N) is 2. The largest absolute Gasteiger partial charge is 0.378 e. The molecule has 136 valence electrons. The number of ether oxygens (including phenoxy) is 1. The molecule has 2 aliphatic heterocycles. The van der Waals surface area contributed by atoms with Crippen molar-refractivity contribution < 1.29 is 4.74 Å². The average Bonchev–Trinajstić information content (AvgIpc) is 2.67. The van der Waals surface area contributed by atoms with Gasteiger partial charge in [0.25, 0.3) is 0 Å². The van der Waals surface area contributed by atoms with Crippen LogP contribution in [0.25, 0.3) is 20.8 Å². The number of unbranched alkanes of at least 4 members (excludes halogenated alkanes) is 2. The number of fused-ring (bicyclic) bond motifs is 2. The number of hydrogen-bond donors (Lipinski definition) is 0. The molecular weight excluding hydrogens is 344 g/mol. The lowest BCUT2D eigenvalue weighted by molar-refractivity contribution is 0.122. The fourth-order valence-corrected chi connectivity index (χ4v) is 4.48. The molecule has 0 bridgehead atoms. The first kappa shape index (κ1) is 17.4. The number of rotatable bonds is 5. The summed E-state index contributed by atoms with van der Waals surface area (Å²) in [4.78, 5) is 20.6. The topological polar surface area (TPSA) is 42.4 Å². The normalized spacial score (nSPS) is 15.0. The van der Waals surface area contributed by atoms with Crippen molar-refractivity contribution in [3.63, 3.8) is 0 Å². The molecule has 1 aromatic carbocycles. The van der Waals surface area contributed by atoms with Crippen molar-refractivity contribution in [1.29, 1.82) is 0 Å². The Hall–Kier alpha value is -1.98. The quantitative estimate of drug-likeness (QED) is 0.496. The van der Waals surface area contributed by atoms with Gasteiger partial charge in [0.1, 0.15) is 0 Å². The summed E-state index contributed by atoms with van der Waals surface area (Å²) in [5.41, 5.74) is 4.19. The third-order valence-electron chi connectivity index (χ3n) is 4.97. The van der Waals surface area contributed by atoms with Crippen molar-refractivity contribution in [2.24, 2.45) is 0 Å². The second-order valence-electron chi connectivity index (χ2n) is 6.85. The van der Waals surface area contributed by atoms with Crippen molar-refractivity contribution in [3.8, 4) is 10.6 Å². The molecule has 0 spiro atoms. The van der Waals surface area contributed by atoms with Crippen molar-refractivity contribution in [2.45, 2.75) is 32.6 Å². The lowest BCUT2D eigenvalue weighted by atomic mass is 10.0. The molecule has 5 heteroatoms. The first-order valence-electron chi connectivity index (χ1n) is 9.45. The van der Waals surface area contributed by atoms with Gasteiger partial charge >= 0.3 is 0 Å². The van der Waals surface area contributed by atoms with Crippen molar-refractivity contribution in [1.82, 2.24) is 4.98 Å². The molecule has 4 nitrogen and oxygen atoms in total. The Morgan fingerprint density at radius 2 is 2.00 bits per heavy atom. The van der Waals surface area contributed by atoms with Crippen LogP contribution in [0.5, 0.6) is 0 Å². The second-order valence-corrected chi connectivity index (χ2v) is 7.93. The fraction of sp³-hybridized carbons (Fsp3) is 0.429. The van der Waals surface area contributed by atoms with Crippen LogP contribution in [-0.4, -0.2) is 31.3 Å². The van der Waals surface area contributed by atoms with Gasteiger partial charge in [-0.15, -0.1) is 11.3 Å². The standard InChI is InChI=1S/C21H24N2O2S/c1-2-3-4-5-15-12-18-21(14-19(15)24)26-20-13-16(6-7-17(20)22-18)23-8-10-25-11-9-23/h6-7,12-14H,2-5,8-11H2,1H3. The van der Waals surface area contributed by atoms with Crippen molar-refractivity contribution in [3.05, 3.63) is 46.1 Å². The zero-order chi connectivity index (χ0) is 17.9. The molecule has 0 radical (unpaired) electrons. The van der Waals surface area contributed by atoms with E-state index in [9.17, 15) is 4.79 Å². The number of morpholine rings is 1. The van der Waals surface area contributed by atoms with E-state index >= 15 is 0 Å². The molecule has 0 atom stereocenters. The van der Waals surface area contributed by atoms with E-state index in [0.29, 0.717) is 0 Å². The van der Waals surface area contributed by atoms with E-state index in [2.05, 4.69) is 30.0 Å². The second kappa shape index (κ2) is 7.72. The highest BCUT2D eigenvalue weighted by Gasteiger charge is 2.14. The van der Waals surface area contributed by atoms with Gasteiger partial charge in [-0.3, -0.25) is 4.79 Å². The zero-order valence-corrected chi connectivity index (χ0v) is 16.0. The summed E-state index contributed by atoms with van der Waals surface area (Å²) in [6.45, 7) is 5.57. The lowest BCUT2D eigenvalue weighted by Crippen LogP contribution is -2.36. The van der Waals surface area contributed by atoms with Crippen molar-refractivity contribution in [2.75, 3.05) is 31.2 Å². The van der Waals surface area contributed by atoms with E-state index in [1.807, 2.05) is 6.07 Å². The van der Waals surface area contributed by atoms with Gasteiger partial charge in [0.15, 0.2) is 5.43 Å². The number of anilines is 1. The average molecular weight is 369 g/mol. The highest BCUT2D eigenvalue weighted by molar-refractivity contribution is 7.21. The van der Waals surface area contributed by atoms with Crippen LogP contribution in [0.4, 0.5) is 5.69 Å². The first-order chi connectivity index (χ1) is 12.7. The Labute approximate surface area is 157 Å². The molecule has 1 saturated heterocycles. The number of aromatic nitrogens is 1. The van der Waals surface area contributed by atoms with E-state index < -0.39 is 0 Å². The predicted molar refractivity (Wildman–Crippen MR) is 109 cm³/mol. The maximum atomic E-state index is 12.4. The van der Waals surface area contributed by atoms with E-state index in [1.165, 1.54) is 5.69 Å². The molecule has 1 fully saturated rings. The van der Waals surface area contributed by atoms with Gasteiger partial charge in [0.2, 0.25) is 0 Å². The molecular formula is C21H24N2O2S. The van der Waals surface area contributed by atoms with E-state index in [0.717, 1.165) is 78.3 Å². The van der Waals surface area contributed by atoms with Gasteiger partial charge < -0.3 is 9.64 Å². The van der Waals surface area contributed by atoms with Crippen LogP contribution >= 0.6 is 11.3 Å². The summed E-state index contributed by atoms with van der Waals surface area (Å²) < 4.78 is 6.56. The lowest BCUT2D eigenvalue weighted by Gasteiger charge is -2.29. The summed E-state index contributed by atoms with van der Waals surface area (Å²) >= 11 is 1.66. The van der Waals surface area contributed by atoms with E-state index in [4.69, 9.17) is 9.72 Å². The highest BCUT2D eigenvalue weighted by atomic mass is 32.1.